The van der Waals surface area contributed by atoms with Crippen LogP contribution in [0.2, 0.25) is 5.02 Å². The number of hydrogen-bond donors (Lipinski definition) is 1. The lowest BCUT2D eigenvalue weighted by atomic mass is 9.95. The molecule has 1 amide bonds. The molecule has 0 heterocycles. The highest BCUT2D eigenvalue weighted by Gasteiger charge is 2.51. The van der Waals surface area contributed by atoms with Crippen LogP contribution < -0.4 is 10.1 Å². The number of benzene rings is 2. The molecule has 0 radical (unpaired) electrons. The van der Waals surface area contributed by atoms with Crippen molar-refractivity contribution >= 4 is 17.5 Å². The molecule has 0 aromatic heterocycles. The van der Waals surface area contributed by atoms with Gasteiger partial charge in [-0.2, -0.15) is 0 Å². The summed E-state index contributed by atoms with van der Waals surface area (Å²) >= 11 is 6.04. The van der Waals surface area contributed by atoms with E-state index in [2.05, 4.69) is 5.32 Å². The van der Waals surface area contributed by atoms with Crippen molar-refractivity contribution in [2.75, 3.05) is 7.11 Å². The van der Waals surface area contributed by atoms with Crippen LogP contribution in [0.4, 0.5) is 0 Å². The van der Waals surface area contributed by atoms with Gasteiger partial charge in [0.1, 0.15) is 5.75 Å². The molecule has 0 spiro atoms. The van der Waals surface area contributed by atoms with Gasteiger partial charge >= 0.3 is 0 Å². The summed E-state index contributed by atoms with van der Waals surface area (Å²) in [6, 6.07) is 15.3. The van der Waals surface area contributed by atoms with Crippen LogP contribution in [-0.2, 0) is 16.8 Å². The van der Waals surface area contributed by atoms with Crippen LogP contribution in [0.3, 0.4) is 0 Å². The van der Waals surface area contributed by atoms with Gasteiger partial charge in [-0.3, -0.25) is 4.79 Å². The predicted molar refractivity (Wildman–Crippen MR) is 87.2 cm³/mol. The molecule has 0 unspecified atom stereocenters. The van der Waals surface area contributed by atoms with E-state index in [4.69, 9.17) is 16.3 Å². The van der Waals surface area contributed by atoms with Crippen LogP contribution in [0.25, 0.3) is 0 Å². The Morgan fingerprint density at radius 2 is 2.00 bits per heavy atom. The van der Waals surface area contributed by atoms with Crippen molar-refractivity contribution in [3.05, 3.63) is 64.7 Å². The summed E-state index contributed by atoms with van der Waals surface area (Å²) in [4.78, 5) is 12.6. The van der Waals surface area contributed by atoms with Crippen LogP contribution in [0.1, 0.15) is 24.0 Å². The smallest absolute Gasteiger partial charge is 0.230 e. The minimum atomic E-state index is -0.399. The minimum absolute atomic E-state index is 0.0672. The largest absolute Gasteiger partial charge is 0.497 e. The third kappa shape index (κ3) is 2.95. The van der Waals surface area contributed by atoms with Crippen molar-refractivity contribution in [3.63, 3.8) is 0 Å². The first kappa shape index (κ1) is 14.9. The van der Waals surface area contributed by atoms with Crippen molar-refractivity contribution in [2.45, 2.75) is 24.8 Å². The van der Waals surface area contributed by atoms with Gasteiger partial charge in [-0.25, -0.2) is 0 Å². The van der Waals surface area contributed by atoms with Crippen molar-refractivity contribution in [1.82, 2.24) is 5.32 Å². The molecule has 2 aromatic carbocycles. The van der Waals surface area contributed by atoms with Crippen LogP contribution >= 0.6 is 11.6 Å². The first-order chi connectivity index (χ1) is 10.6. The molecule has 3 rings (SSSR count). The fourth-order valence-electron chi connectivity index (χ4n) is 2.69. The van der Waals surface area contributed by atoms with Crippen molar-refractivity contribution in [1.29, 1.82) is 0 Å². The molecular weight excluding hydrogens is 298 g/mol. The molecule has 1 N–H and O–H groups in total. The van der Waals surface area contributed by atoms with Gasteiger partial charge in [0.25, 0.3) is 0 Å². The zero-order chi connectivity index (χ0) is 15.6. The SMILES string of the molecule is COc1cccc(CNC(=O)C2(c3cccc(Cl)c3)CC2)c1. The topological polar surface area (TPSA) is 38.3 Å². The number of amides is 1. The summed E-state index contributed by atoms with van der Waals surface area (Å²) in [5, 5.41) is 3.70. The number of nitrogens with one attached hydrogen (secondary N) is 1. The van der Waals surface area contributed by atoms with Crippen LogP contribution in [0.15, 0.2) is 48.5 Å². The average Bonchev–Trinajstić information content (AvgIpc) is 3.35. The molecule has 0 atom stereocenters. The first-order valence-electron chi connectivity index (χ1n) is 7.31. The lowest BCUT2D eigenvalue weighted by Crippen LogP contribution is -2.34. The number of carbonyl (C=O) groups excluding carboxylic acids is 1. The summed E-state index contributed by atoms with van der Waals surface area (Å²) in [6.45, 7) is 0.498. The summed E-state index contributed by atoms with van der Waals surface area (Å²) in [6.07, 6.45) is 1.74. The monoisotopic (exact) mass is 315 g/mol. The van der Waals surface area contributed by atoms with E-state index in [1.54, 1.807) is 7.11 Å². The maximum Gasteiger partial charge on any atom is 0.230 e. The normalized spacial score (nSPS) is 15.2. The number of methoxy groups -OCH3 is 1. The van der Waals surface area contributed by atoms with Gasteiger partial charge in [-0.05, 0) is 48.2 Å². The van der Waals surface area contributed by atoms with Gasteiger partial charge in [-0.15, -0.1) is 0 Å². The minimum Gasteiger partial charge on any atom is -0.497 e. The lowest BCUT2D eigenvalue weighted by Gasteiger charge is -2.16. The molecule has 114 valence electrons. The van der Waals surface area contributed by atoms with Gasteiger partial charge in [0, 0.05) is 11.6 Å². The van der Waals surface area contributed by atoms with E-state index in [1.807, 2.05) is 48.5 Å². The molecule has 2 aromatic rings. The number of halogens is 1. The second kappa shape index (κ2) is 6.01. The van der Waals surface area contributed by atoms with Gasteiger partial charge in [0.15, 0.2) is 0 Å². The first-order valence-corrected chi connectivity index (χ1v) is 7.69. The second-order valence-corrected chi connectivity index (χ2v) is 6.06. The maximum atomic E-state index is 12.6. The number of ether oxygens (including phenoxy) is 1. The van der Waals surface area contributed by atoms with Crippen molar-refractivity contribution in [3.8, 4) is 5.75 Å². The molecule has 1 aliphatic carbocycles. The fraction of sp³-hybridized carbons (Fsp3) is 0.278. The molecule has 1 saturated carbocycles. The third-order valence-electron chi connectivity index (χ3n) is 4.15. The highest BCUT2D eigenvalue weighted by atomic mass is 35.5. The second-order valence-electron chi connectivity index (χ2n) is 5.63. The Labute approximate surface area is 135 Å². The zero-order valence-electron chi connectivity index (χ0n) is 12.4. The Morgan fingerprint density at radius 3 is 2.68 bits per heavy atom. The lowest BCUT2D eigenvalue weighted by molar-refractivity contribution is -0.123. The van der Waals surface area contributed by atoms with E-state index >= 15 is 0 Å². The molecule has 0 saturated heterocycles. The Kier molecular flexibility index (Phi) is 4.08. The molecule has 3 nitrogen and oxygen atoms in total. The summed E-state index contributed by atoms with van der Waals surface area (Å²) in [5.74, 6) is 0.861. The summed E-state index contributed by atoms with van der Waals surface area (Å²) in [5.41, 5.74) is 1.63. The summed E-state index contributed by atoms with van der Waals surface area (Å²) < 4.78 is 5.20. The third-order valence-corrected chi connectivity index (χ3v) is 4.38. The Balaban J connectivity index is 1.69. The zero-order valence-corrected chi connectivity index (χ0v) is 13.2. The molecule has 0 bridgehead atoms. The number of hydrogen-bond acceptors (Lipinski definition) is 2. The highest BCUT2D eigenvalue weighted by molar-refractivity contribution is 6.30. The van der Waals surface area contributed by atoms with E-state index in [9.17, 15) is 4.79 Å². The van der Waals surface area contributed by atoms with E-state index in [0.29, 0.717) is 11.6 Å². The van der Waals surface area contributed by atoms with Crippen LogP contribution in [0.5, 0.6) is 5.75 Å². The Bertz CT molecular complexity index is 695. The molecule has 0 aliphatic heterocycles. The van der Waals surface area contributed by atoms with E-state index in [-0.39, 0.29) is 5.91 Å². The van der Waals surface area contributed by atoms with E-state index < -0.39 is 5.41 Å². The highest BCUT2D eigenvalue weighted by Crippen LogP contribution is 2.48. The number of rotatable bonds is 5. The molecule has 1 aliphatic rings. The Hall–Kier alpha value is -2.00. The van der Waals surface area contributed by atoms with Gasteiger partial charge in [-0.1, -0.05) is 35.9 Å². The Morgan fingerprint density at radius 1 is 1.23 bits per heavy atom. The predicted octanol–water partition coefficient (Wildman–Crippen LogP) is 3.70. The van der Waals surface area contributed by atoms with E-state index in [1.165, 1.54) is 0 Å². The van der Waals surface area contributed by atoms with Crippen molar-refractivity contribution < 1.29 is 9.53 Å². The molecular formula is C18H18ClNO2. The number of carbonyl (C=O) groups is 1. The van der Waals surface area contributed by atoms with Crippen molar-refractivity contribution in [2.24, 2.45) is 0 Å². The molecule has 4 heteroatoms. The van der Waals surface area contributed by atoms with Gasteiger partial charge in [0.05, 0.1) is 12.5 Å². The average molecular weight is 316 g/mol. The quantitative estimate of drug-likeness (QED) is 0.913. The molecule has 1 fully saturated rings. The van der Waals surface area contributed by atoms with Crippen LogP contribution in [-0.4, -0.2) is 13.0 Å². The van der Waals surface area contributed by atoms with Gasteiger partial charge in [0.2, 0.25) is 5.91 Å². The summed E-state index contributed by atoms with van der Waals surface area (Å²) in [7, 11) is 1.63. The fourth-order valence-corrected chi connectivity index (χ4v) is 2.88. The maximum absolute atomic E-state index is 12.6. The van der Waals surface area contributed by atoms with E-state index in [0.717, 1.165) is 29.7 Å². The standard InChI is InChI=1S/C18H18ClNO2/c1-22-16-7-2-4-13(10-16)12-20-17(21)18(8-9-18)14-5-3-6-15(19)11-14/h2-7,10-11H,8-9,12H2,1H3,(H,20,21). The van der Waals surface area contributed by atoms with Gasteiger partial charge < -0.3 is 10.1 Å². The molecule has 22 heavy (non-hydrogen) atoms. The van der Waals surface area contributed by atoms with Crippen LogP contribution in [0, 0.1) is 0 Å².